The maximum atomic E-state index is 11.3. The van der Waals surface area contributed by atoms with E-state index in [0.717, 1.165) is 5.56 Å². The lowest BCUT2D eigenvalue weighted by atomic mass is 9.96. The van der Waals surface area contributed by atoms with Crippen LogP contribution >= 0.6 is 0 Å². The molecule has 0 aromatic heterocycles. The molecule has 3 nitrogen and oxygen atoms in total. The molecule has 3 heteroatoms. The van der Waals surface area contributed by atoms with Gasteiger partial charge in [-0.05, 0) is 19.4 Å². The first-order valence-corrected chi connectivity index (χ1v) is 4.91. The molecule has 1 aromatic rings. The Kier molecular flexibility index (Phi) is 2.27. The first-order valence-electron chi connectivity index (χ1n) is 4.91. The molecule has 0 bridgehead atoms. The van der Waals surface area contributed by atoms with Crippen molar-refractivity contribution in [3.05, 3.63) is 35.4 Å². The highest BCUT2D eigenvalue weighted by molar-refractivity contribution is 5.79. The lowest BCUT2D eigenvalue weighted by molar-refractivity contribution is -0.142. The number of epoxide rings is 1. The summed E-state index contributed by atoms with van der Waals surface area (Å²) in [7, 11) is 1.37. The van der Waals surface area contributed by atoms with Crippen LogP contribution in [-0.2, 0) is 19.9 Å². The molecule has 0 spiro atoms. The SMILES string of the molecule is COC(=O)C1OC1(C)c1ccc(C)cc1. The molecule has 0 amide bonds. The highest BCUT2D eigenvalue weighted by atomic mass is 16.6. The number of hydrogen-bond donors (Lipinski definition) is 0. The number of esters is 1. The van der Waals surface area contributed by atoms with Crippen molar-refractivity contribution >= 4 is 5.97 Å². The standard InChI is InChI=1S/C12H14O3/c1-8-4-6-9(7-5-8)12(2)10(15-12)11(13)14-3/h4-7,10H,1-3H3. The first-order chi connectivity index (χ1) is 7.08. The molecule has 1 aliphatic rings. The van der Waals surface area contributed by atoms with Crippen molar-refractivity contribution in [1.29, 1.82) is 0 Å². The number of rotatable bonds is 2. The number of hydrogen-bond acceptors (Lipinski definition) is 3. The number of aryl methyl sites for hydroxylation is 1. The second-order valence-electron chi connectivity index (χ2n) is 3.99. The Morgan fingerprint density at radius 1 is 1.40 bits per heavy atom. The quantitative estimate of drug-likeness (QED) is 0.547. The van der Waals surface area contributed by atoms with Gasteiger partial charge in [0.1, 0.15) is 5.60 Å². The van der Waals surface area contributed by atoms with Gasteiger partial charge in [0, 0.05) is 0 Å². The summed E-state index contributed by atoms with van der Waals surface area (Å²) < 4.78 is 10.1. The summed E-state index contributed by atoms with van der Waals surface area (Å²) in [5.41, 5.74) is 1.71. The van der Waals surface area contributed by atoms with Crippen LogP contribution in [0.2, 0.25) is 0 Å². The van der Waals surface area contributed by atoms with Crippen LogP contribution in [0.4, 0.5) is 0 Å². The molecule has 1 fully saturated rings. The summed E-state index contributed by atoms with van der Waals surface area (Å²) in [6.07, 6.45) is -0.454. The molecule has 0 saturated carbocycles. The Morgan fingerprint density at radius 3 is 2.53 bits per heavy atom. The van der Waals surface area contributed by atoms with Crippen LogP contribution < -0.4 is 0 Å². The van der Waals surface area contributed by atoms with Crippen LogP contribution in [0, 0.1) is 6.92 Å². The number of carbonyl (C=O) groups excluding carboxylic acids is 1. The lowest BCUT2D eigenvalue weighted by Crippen LogP contribution is -2.17. The van der Waals surface area contributed by atoms with E-state index in [-0.39, 0.29) is 5.97 Å². The zero-order chi connectivity index (χ0) is 11.1. The summed E-state index contributed by atoms with van der Waals surface area (Å²) >= 11 is 0. The number of carbonyl (C=O) groups is 1. The van der Waals surface area contributed by atoms with E-state index in [2.05, 4.69) is 4.74 Å². The van der Waals surface area contributed by atoms with Gasteiger partial charge in [-0.25, -0.2) is 4.79 Å². The van der Waals surface area contributed by atoms with Crippen LogP contribution in [0.15, 0.2) is 24.3 Å². The van der Waals surface area contributed by atoms with Crippen LogP contribution in [0.1, 0.15) is 18.1 Å². The largest absolute Gasteiger partial charge is 0.467 e. The van der Waals surface area contributed by atoms with Crippen LogP contribution in [0.3, 0.4) is 0 Å². The highest BCUT2D eigenvalue weighted by Gasteiger charge is 2.59. The van der Waals surface area contributed by atoms with Crippen molar-refractivity contribution in [1.82, 2.24) is 0 Å². The molecule has 1 saturated heterocycles. The van der Waals surface area contributed by atoms with Gasteiger partial charge >= 0.3 is 5.97 Å². The summed E-state index contributed by atoms with van der Waals surface area (Å²) in [5, 5.41) is 0. The van der Waals surface area contributed by atoms with Gasteiger partial charge < -0.3 is 9.47 Å². The molecule has 0 aliphatic carbocycles. The average molecular weight is 206 g/mol. The fourth-order valence-corrected chi connectivity index (χ4v) is 1.69. The van der Waals surface area contributed by atoms with Crippen molar-refractivity contribution < 1.29 is 14.3 Å². The fraction of sp³-hybridized carbons (Fsp3) is 0.417. The Bertz CT molecular complexity index is 382. The van der Waals surface area contributed by atoms with Gasteiger partial charge in [-0.15, -0.1) is 0 Å². The fourth-order valence-electron chi connectivity index (χ4n) is 1.69. The highest BCUT2D eigenvalue weighted by Crippen LogP contribution is 2.46. The van der Waals surface area contributed by atoms with Gasteiger partial charge in [0.05, 0.1) is 7.11 Å². The monoisotopic (exact) mass is 206 g/mol. The zero-order valence-corrected chi connectivity index (χ0v) is 9.11. The van der Waals surface area contributed by atoms with Crippen molar-refractivity contribution in [3.63, 3.8) is 0 Å². The lowest BCUT2D eigenvalue weighted by Gasteiger charge is -2.06. The Balaban J connectivity index is 2.19. The molecule has 1 aromatic carbocycles. The number of methoxy groups -OCH3 is 1. The van der Waals surface area contributed by atoms with E-state index in [1.165, 1.54) is 12.7 Å². The van der Waals surface area contributed by atoms with Gasteiger partial charge in [0.2, 0.25) is 0 Å². The van der Waals surface area contributed by atoms with Crippen LogP contribution in [-0.4, -0.2) is 19.2 Å². The number of benzene rings is 1. The molecule has 1 aliphatic heterocycles. The summed E-state index contributed by atoms with van der Waals surface area (Å²) in [4.78, 5) is 11.3. The predicted molar refractivity (Wildman–Crippen MR) is 55.4 cm³/mol. The molecular formula is C12H14O3. The van der Waals surface area contributed by atoms with Crippen LogP contribution in [0.25, 0.3) is 0 Å². The zero-order valence-electron chi connectivity index (χ0n) is 9.11. The molecule has 2 unspecified atom stereocenters. The van der Waals surface area contributed by atoms with E-state index in [0.29, 0.717) is 0 Å². The number of ether oxygens (including phenoxy) is 2. The molecule has 2 rings (SSSR count). The smallest absolute Gasteiger partial charge is 0.338 e. The Hall–Kier alpha value is -1.35. The predicted octanol–water partition coefficient (Wildman–Crippen LogP) is 1.78. The average Bonchev–Trinajstić information content (AvgIpc) is 2.92. The van der Waals surface area contributed by atoms with Gasteiger partial charge in [-0.3, -0.25) is 0 Å². The van der Waals surface area contributed by atoms with Gasteiger partial charge in [-0.2, -0.15) is 0 Å². The van der Waals surface area contributed by atoms with Crippen molar-refractivity contribution in [2.45, 2.75) is 25.6 Å². The minimum Gasteiger partial charge on any atom is -0.467 e. The molecule has 1 heterocycles. The minimum atomic E-state index is -0.499. The van der Waals surface area contributed by atoms with Crippen molar-refractivity contribution in [3.8, 4) is 0 Å². The molecule has 2 atom stereocenters. The first kappa shape index (κ1) is 10.2. The summed E-state index contributed by atoms with van der Waals surface area (Å²) in [6.45, 7) is 3.93. The van der Waals surface area contributed by atoms with E-state index in [4.69, 9.17) is 4.74 Å². The minimum absolute atomic E-state index is 0.307. The molecule has 0 radical (unpaired) electrons. The maximum absolute atomic E-state index is 11.3. The third-order valence-corrected chi connectivity index (χ3v) is 2.85. The normalized spacial score (nSPS) is 28.6. The second kappa shape index (κ2) is 3.35. The van der Waals surface area contributed by atoms with E-state index in [9.17, 15) is 4.79 Å². The second-order valence-corrected chi connectivity index (χ2v) is 3.99. The third kappa shape index (κ3) is 1.63. The van der Waals surface area contributed by atoms with Crippen LogP contribution in [0.5, 0.6) is 0 Å². The molecule has 15 heavy (non-hydrogen) atoms. The topological polar surface area (TPSA) is 38.8 Å². The van der Waals surface area contributed by atoms with Crippen molar-refractivity contribution in [2.75, 3.05) is 7.11 Å². The van der Waals surface area contributed by atoms with E-state index in [1.54, 1.807) is 0 Å². The van der Waals surface area contributed by atoms with Gasteiger partial charge in [-0.1, -0.05) is 29.8 Å². The van der Waals surface area contributed by atoms with E-state index >= 15 is 0 Å². The Morgan fingerprint density at radius 2 is 2.00 bits per heavy atom. The molecule has 0 N–H and O–H groups in total. The van der Waals surface area contributed by atoms with E-state index in [1.807, 2.05) is 38.1 Å². The summed E-state index contributed by atoms with van der Waals surface area (Å²) in [5.74, 6) is -0.307. The third-order valence-electron chi connectivity index (χ3n) is 2.85. The van der Waals surface area contributed by atoms with Gasteiger partial charge in [0.15, 0.2) is 6.10 Å². The van der Waals surface area contributed by atoms with Crippen molar-refractivity contribution in [2.24, 2.45) is 0 Å². The Labute approximate surface area is 89.0 Å². The van der Waals surface area contributed by atoms with E-state index < -0.39 is 11.7 Å². The molecular weight excluding hydrogens is 192 g/mol. The molecule has 80 valence electrons. The maximum Gasteiger partial charge on any atom is 0.338 e. The van der Waals surface area contributed by atoms with Gasteiger partial charge in [0.25, 0.3) is 0 Å². The summed E-state index contributed by atoms with van der Waals surface area (Å²) in [6, 6.07) is 7.99.